The summed E-state index contributed by atoms with van der Waals surface area (Å²) < 4.78 is 17.8. The summed E-state index contributed by atoms with van der Waals surface area (Å²) in [7, 11) is 0. The zero-order valence-electron chi connectivity index (χ0n) is 18.9. The second-order valence-corrected chi connectivity index (χ2v) is 8.69. The zero-order valence-corrected chi connectivity index (χ0v) is 21.2. The number of hydrogen-bond donors (Lipinski definition) is 1. The molecule has 4 rings (SSSR count). The van der Waals surface area contributed by atoms with E-state index in [-0.39, 0.29) is 18.1 Å². The van der Waals surface area contributed by atoms with Crippen molar-refractivity contribution in [2.45, 2.75) is 13.5 Å². The van der Waals surface area contributed by atoms with Gasteiger partial charge < -0.3 is 13.9 Å². The molecule has 1 heterocycles. The topological polar surface area (TPSA) is 116 Å². The molecule has 0 saturated heterocycles. The van der Waals surface area contributed by atoms with Gasteiger partial charge in [-0.15, -0.1) is 0 Å². The Morgan fingerprint density at radius 3 is 2.75 bits per heavy atom. The Bertz CT molecular complexity index is 1470. The standard InChI is InChI=1S/C25H19BrClN3O6/c1-2-34-22-10-15(9-19(26)24(22)35-14-16-5-3-4-6-20(16)27)13-28-29-25(31)23-12-17-11-18(30(32)33)7-8-21(17)36-23/h3-13H,2,14H2,1H3,(H,29,31)/b28-13-. The molecule has 0 aliphatic heterocycles. The number of carbonyl (C=O) groups excluding carboxylic acids is 1. The van der Waals surface area contributed by atoms with E-state index in [1.54, 1.807) is 18.2 Å². The van der Waals surface area contributed by atoms with Gasteiger partial charge in [-0.05, 0) is 58.7 Å². The van der Waals surface area contributed by atoms with E-state index in [4.69, 9.17) is 25.5 Å². The van der Waals surface area contributed by atoms with Gasteiger partial charge in [0.1, 0.15) is 12.2 Å². The Morgan fingerprint density at radius 2 is 2.00 bits per heavy atom. The third-order valence-electron chi connectivity index (χ3n) is 4.98. The number of hydrazone groups is 1. The lowest BCUT2D eigenvalue weighted by molar-refractivity contribution is -0.384. The van der Waals surface area contributed by atoms with Gasteiger partial charge in [0.25, 0.3) is 5.69 Å². The van der Waals surface area contributed by atoms with Crippen LogP contribution in [-0.2, 0) is 6.61 Å². The van der Waals surface area contributed by atoms with Crippen LogP contribution in [0.1, 0.15) is 28.6 Å². The van der Waals surface area contributed by atoms with Crippen molar-refractivity contribution in [1.82, 2.24) is 5.43 Å². The molecule has 1 aromatic heterocycles. The molecule has 0 radical (unpaired) electrons. The van der Waals surface area contributed by atoms with Crippen LogP contribution in [-0.4, -0.2) is 23.7 Å². The Balaban J connectivity index is 1.47. The van der Waals surface area contributed by atoms with Crippen LogP contribution in [0.5, 0.6) is 11.5 Å². The molecule has 3 aromatic carbocycles. The lowest BCUT2D eigenvalue weighted by Crippen LogP contribution is -2.16. The first-order chi connectivity index (χ1) is 17.4. The molecule has 0 unspecified atom stereocenters. The van der Waals surface area contributed by atoms with Crippen LogP contribution < -0.4 is 14.9 Å². The van der Waals surface area contributed by atoms with Crippen LogP contribution in [0.15, 0.2) is 74.7 Å². The SMILES string of the molecule is CCOc1cc(/C=N\NC(=O)c2cc3cc([N+](=O)[O-])ccc3o2)cc(Br)c1OCc1ccccc1Cl. The molecule has 0 aliphatic rings. The van der Waals surface area contributed by atoms with Crippen molar-refractivity contribution >= 4 is 56.3 Å². The third kappa shape index (κ3) is 5.84. The average Bonchev–Trinajstić information content (AvgIpc) is 3.28. The maximum Gasteiger partial charge on any atom is 0.307 e. The third-order valence-corrected chi connectivity index (χ3v) is 5.93. The largest absolute Gasteiger partial charge is 0.490 e. The number of fused-ring (bicyclic) bond motifs is 1. The van der Waals surface area contributed by atoms with E-state index in [2.05, 4.69) is 26.5 Å². The van der Waals surface area contributed by atoms with Gasteiger partial charge >= 0.3 is 5.91 Å². The molecule has 0 fully saturated rings. The summed E-state index contributed by atoms with van der Waals surface area (Å²) in [6.45, 7) is 2.52. The number of nitro benzene ring substituents is 1. The Kier molecular flexibility index (Phi) is 7.87. The predicted octanol–water partition coefficient (Wildman–Crippen LogP) is 6.50. The van der Waals surface area contributed by atoms with Gasteiger partial charge in [0, 0.05) is 28.1 Å². The number of rotatable bonds is 9. The summed E-state index contributed by atoms with van der Waals surface area (Å²) in [4.78, 5) is 22.9. The number of halogens is 2. The highest BCUT2D eigenvalue weighted by Crippen LogP contribution is 2.37. The number of amides is 1. The van der Waals surface area contributed by atoms with Gasteiger partial charge in [0.15, 0.2) is 17.3 Å². The Hall–Kier alpha value is -3.89. The van der Waals surface area contributed by atoms with E-state index in [1.165, 1.54) is 30.5 Å². The van der Waals surface area contributed by atoms with E-state index in [1.807, 2.05) is 25.1 Å². The van der Waals surface area contributed by atoms with Crippen molar-refractivity contribution < 1.29 is 23.6 Å². The van der Waals surface area contributed by atoms with Crippen molar-refractivity contribution in [2.24, 2.45) is 5.10 Å². The van der Waals surface area contributed by atoms with E-state index in [0.717, 1.165) is 5.56 Å². The summed E-state index contributed by atoms with van der Waals surface area (Å²) in [5, 5.41) is 16.0. The minimum Gasteiger partial charge on any atom is -0.490 e. The molecular weight excluding hydrogens is 554 g/mol. The fraction of sp³-hybridized carbons (Fsp3) is 0.120. The van der Waals surface area contributed by atoms with E-state index < -0.39 is 10.8 Å². The van der Waals surface area contributed by atoms with Gasteiger partial charge in [-0.1, -0.05) is 29.8 Å². The van der Waals surface area contributed by atoms with Gasteiger partial charge in [-0.2, -0.15) is 5.10 Å². The van der Waals surface area contributed by atoms with Gasteiger partial charge in [-0.3, -0.25) is 14.9 Å². The summed E-state index contributed by atoms with van der Waals surface area (Å²) >= 11 is 9.72. The number of furan rings is 1. The highest BCUT2D eigenvalue weighted by atomic mass is 79.9. The highest BCUT2D eigenvalue weighted by molar-refractivity contribution is 9.10. The fourth-order valence-electron chi connectivity index (χ4n) is 3.31. The molecular formula is C25H19BrClN3O6. The molecule has 0 spiro atoms. The second-order valence-electron chi connectivity index (χ2n) is 7.43. The van der Waals surface area contributed by atoms with Crippen molar-refractivity contribution in [1.29, 1.82) is 0 Å². The molecule has 9 nitrogen and oxygen atoms in total. The smallest absolute Gasteiger partial charge is 0.307 e. The first kappa shape index (κ1) is 25.2. The van der Waals surface area contributed by atoms with Crippen LogP contribution in [0, 0.1) is 10.1 Å². The minimum absolute atomic E-state index is 0.0258. The normalized spacial score (nSPS) is 11.1. The molecule has 1 N–H and O–H groups in total. The van der Waals surface area contributed by atoms with E-state index in [0.29, 0.717) is 44.1 Å². The molecule has 0 saturated carbocycles. The number of nitro groups is 1. The predicted molar refractivity (Wildman–Crippen MR) is 139 cm³/mol. The monoisotopic (exact) mass is 571 g/mol. The fourth-order valence-corrected chi connectivity index (χ4v) is 4.07. The van der Waals surface area contributed by atoms with Gasteiger partial charge in [0.05, 0.1) is 22.2 Å². The maximum absolute atomic E-state index is 12.4. The molecule has 0 bridgehead atoms. The van der Waals surface area contributed by atoms with Crippen LogP contribution in [0.4, 0.5) is 5.69 Å². The molecule has 0 aliphatic carbocycles. The number of benzene rings is 3. The average molecular weight is 573 g/mol. The van der Waals surface area contributed by atoms with Crippen LogP contribution in [0.25, 0.3) is 11.0 Å². The molecule has 36 heavy (non-hydrogen) atoms. The molecule has 184 valence electrons. The Labute approximate surface area is 218 Å². The minimum atomic E-state index is -0.603. The number of nitrogens with zero attached hydrogens (tertiary/aromatic N) is 2. The molecule has 4 aromatic rings. The zero-order chi connectivity index (χ0) is 25.7. The van der Waals surface area contributed by atoms with E-state index >= 15 is 0 Å². The maximum atomic E-state index is 12.4. The number of nitrogens with one attached hydrogen (secondary N) is 1. The number of non-ortho nitro benzene ring substituents is 1. The number of ether oxygens (including phenoxy) is 2. The molecule has 1 amide bonds. The van der Waals surface area contributed by atoms with Crippen LogP contribution >= 0.6 is 27.5 Å². The Morgan fingerprint density at radius 1 is 1.19 bits per heavy atom. The van der Waals surface area contributed by atoms with Crippen LogP contribution in [0.3, 0.4) is 0 Å². The van der Waals surface area contributed by atoms with Crippen LogP contribution in [0.2, 0.25) is 5.02 Å². The van der Waals surface area contributed by atoms with E-state index in [9.17, 15) is 14.9 Å². The summed E-state index contributed by atoms with van der Waals surface area (Å²) in [5.74, 6) is 0.371. The first-order valence-corrected chi connectivity index (χ1v) is 11.9. The summed E-state index contributed by atoms with van der Waals surface area (Å²) in [5.41, 5.74) is 4.12. The molecule has 11 heteroatoms. The van der Waals surface area contributed by atoms with Crippen molar-refractivity contribution in [3.8, 4) is 11.5 Å². The molecule has 0 atom stereocenters. The lowest BCUT2D eigenvalue weighted by Gasteiger charge is -2.15. The summed E-state index contributed by atoms with van der Waals surface area (Å²) in [6, 6.07) is 16.4. The number of carbonyl (C=O) groups is 1. The quantitative estimate of drug-likeness (QED) is 0.139. The first-order valence-electron chi connectivity index (χ1n) is 10.7. The van der Waals surface area contributed by atoms with Crippen molar-refractivity contribution in [2.75, 3.05) is 6.61 Å². The highest BCUT2D eigenvalue weighted by Gasteiger charge is 2.16. The summed E-state index contributed by atoms with van der Waals surface area (Å²) in [6.07, 6.45) is 1.44. The van der Waals surface area contributed by atoms with Gasteiger partial charge in [0.2, 0.25) is 0 Å². The van der Waals surface area contributed by atoms with Gasteiger partial charge in [-0.25, -0.2) is 5.43 Å². The lowest BCUT2D eigenvalue weighted by atomic mass is 10.2. The van der Waals surface area contributed by atoms with Crippen molar-refractivity contribution in [3.05, 3.63) is 97.2 Å². The number of hydrogen-bond acceptors (Lipinski definition) is 7. The second kappa shape index (κ2) is 11.2. The van der Waals surface area contributed by atoms with Crippen molar-refractivity contribution in [3.63, 3.8) is 0 Å².